The normalized spacial score (nSPS) is 10.3. The van der Waals surface area contributed by atoms with Gasteiger partial charge in [-0.15, -0.1) is 0 Å². The van der Waals surface area contributed by atoms with Gasteiger partial charge in [-0.1, -0.05) is 24.4 Å². The summed E-state index contributed by atoms with van der Waals surface area (Å²) in [5.74, 6) is 0. The lowest BCUT2D eigenvalue weighted by molar-refractivity contribution is 0.968. The van der Waals surface area contributed by atoms with E-state index in [1.54, 1.807) is 12.3 Å². The molecule has 1 aromatic carbocycles. The minimum absolute atomic E-state index is 0.126. The quantitative estimate of drug-likeness (QED) is 0.839. The van der Waals surface area contributed by atoms with Gasteiger partial charge in [-0.3, -0.25) is 4.79 Å². The Morgan fingerprint density at radius 2 is 2.00 bits per heavy atom. The molecule has 0 unspecified atom stereocenters. The molecule has 1 aromatic heterocycles. The van der Waals surface area contributed by atoms with Crippen LogP contribution in [0.25, 0.3) is 5.69 Å². The molecule has 1 heterocycles. The molecule has 0 bridgehead atoms. The first-order valence-corrected chi connectivity index (χ1v) is 6.00. The van der Waals surface area contributed by atoms with E-state index >= 15 is 0 Å². The summed E-state index contributed by atoms with van der Waals surface area (Å²) in [7, 11) is 0. The Bertz CT molecular complexity index is 674. The van der Waals surface area contributed by atoms with Crippen LogP contribution in [0.15, 0.2) is 41.3 Å². The molecule has 0 radical (unpaired) electrons. The molecule has 18 heavy (non-hydrogen) atoms. The summed E-state index contributed by atoms with van der Waals surface area (Å²) in [5, 5.41) is 0. The van der Waals surface area contributed by atoms with Gasteiger partial charge in [0.15, 0.2) is 5.43 Å². The molecule has 2 aromatic rings. The van der Waals surface area contributed by atoms with Gasteiger partial charge < -0.3 is 10.3 Å². The van der Waals surface area contributed by atoms with Crippen LogP contribution in [0.2, 0.25) is 0 Å². The number of nitrogens with zero attached hydrogens (tertiary/aromatic N) is 1. The van der Waals surface area contributed by atoms with Crippen molar-refractivity contribution in [2.75, 3.05) is 0 Å². The van der Waals surface area contributed by atoms with Crippen LogP contribution in [0.3, 0.4) is 0 Å². The third-order valence-corrected chi connectivity index (χ3v) is 3.01. The van der Waals surface area contributed by atoms with Crippen molar-refractivity contribution in [2.45, 2.75) is 13.8 Å². The summed E-state index contributed by atoms with van der Waals surface area (Å²) in [5.41, 5.74) is 8.79. The lowest BCUT2D eigenvalue weighted by Crippen LogP contribution is -2.22. The van der Waals surface area contributed by atoms with Crippen molar-refractivity contribution in [2.24, 2.45) is 5.73 Å². The summed E-state index contributed by atoms with van der Waals surface area (Å²) >= 11 is 4.89. The summed E-state index contributed by atoms with van der Waals surface area (Å²) in [6, 6.07) is 9.57. The van der Waals surface area contributed by atoms with E-state index in [0.29, 0.717) is 5.56 Å². The van der Waals surface area contributed by atoms with Crippen LogP contribution in [0.5, 0.6) is 0 Å². The molecule has 2 N–H and O–H groups in total. The fourth-order valence-corrected chi connectivity index (χ4v) is 2.03. The van der Waals surface area contributed by atoms with Gasteiger partial charge >= 0.3 is 0 Å². The summed E-state index contributed by atoms with van der Waals surface area (Å²) in [6.45, 7) is 3.91. The molecule has 0 aliphatic heterocycles. The second-order valence-corrected chi connectivity index (χ2v) is 4.71. The average molecular weight is 258 g/mol. The van der Waals surface area contributed by atoms with Crippen molar-refractivity contribution < 1.29 is 0 Å². The zero-order valence-corrected chi connectivity index (χ0v) is 11.1. The molecule has 3 nitrogen and oxygen atoms in total. The van der Waals surface area contributed by atoms with Crippen molar-refractivity contribution in [3.63, 3.8) is 0 Å². The van der Waals surface area contributed by atoms with E-state index in [1.165, 1.54) is 0 Å². The summed E-state index contributed by atoms with van der Waals surface area (Å²) in [4.78, 5) is 11.9. The van der Waals surface area contributed by atoms with Crippen LogP contribution in [0, 0.1) is 13.8 Å². The molecule has 0 atom stereocenters. The van der Waals surface area contributed by atoms with E-state index in [9.17, 15) is 4.79 Å². The topological polar surface area (TPSA) is 48.0 Å². The highest BCUT2D eigenvalue weighted by Gasteiger charge is 2.07. The zero-order valence-electron chi connectivity index (χ0n) is 10.3. The van der Waals surface area contributed by atoms with Crippen LogP contribution in [-0.2, 0) is 0 Å². The van der Waals surface area contributed by atoms with Crippen LogP contribution in [0.4, 0.5) is 0 Å². The Balaban J connectivity index is 2.68. The van der Waals surface area contributed by atoms with Gasteiger partial charge in [0.2, 0.25) is 0 Å². The Hall–Kier alpha value is -1.94. The highest BCUT2D eigenvalue weighted by Crippen LogP contribution is 2.12. The maximum atomic E-state index is 11.8. The number of benzene rings is 1. The van der Waals surface area contributed by atoms with Crippen LogP contribution in [-0.4, -0.2) is 9.56 Å². The summed E-state index contributed by atoms with van der Waals surface area (Å²) < 4.78 is 1.92. The molecule has 0 aliphatic carbocycles. The number of aromatic nitrogens is 1. The number of aryl methyl sites for hydroxylation is 2. The fraction of sp³-hybridized carbons (Fsp3) is 0.143. The highest BCUT2D eigenvalue weighted by molar-refractivity contribution is 7.80. The monoisotopic (exact) mass is 258 g/mol. The molecule has 0 fully saturated rings. The van der Waals surface area contributed by atoms with Gasteiger partial charge in [-0.25, -0.2) is 0 Å². The minimum atomic E-state index is -0.135. The van der Waals surface area contributed by atoms with E-state index in [-0.39, 0.29) is 10.4 Å². The standard InChI is InChI=1S/C14H14N2OS/c1-9-4-3-5-11(6-9)16-8-12(14(15)18)13(17)7-10(16)2/h3-8H,1-2H3,(H2,15,18). The largest absolute Gasteiger partial charge is 0.389 e. The number of pyridine rings is 1. The van der Waals surface area contributed by atoms with Crippen molar-refractivity contribution in [3.05, 3.63) is 63.6 Å². The Morgan fingerprint density at radius 1 is 1.28 bits per heavy atom. The van der Waals surface area contributed by atoms with Gasteiger partial charge in [-0.2, -0.15) is 0 Å². The SMILES string of the molecule is Cc1cccc(-n2cc(C(N)=S)c(=O)cc2C)c1. The maximum Gasteiger partial charge on any atom is 0.192 e. The number of nitrogens with two attached hydrogens (primary N) is 1. The second kappa shape index (κ2) is 4.74. The average Bonchev–Trinajstić information content (AvgIpc) is 2.28. The molecule has 0 amide bonds. The first-order valence-electron chi connectivity index (χ1n) is 5.59. The third kappa shape index (κ3) is 2.33. The maximum absolute atomic E-state index is 11.8. The van der Waals surface area contributed by atoms with Crippen LogP contribution >= 0.6 is 12.2 Å². The van der Waals surface area contributed by atoms with E-state index in [4.69, 9.17) is 18.0 Å². The molecule has 4 heteroatoms. The van der Waals surface area contributed by atoms with Crippen LogP contribution in [0.1, 0.15) is 16.8 Å². The molecule has 0 saturated carbocycles. The molecular formula is C14H14N2OS. The molecular weight excluding hydrogens is 244 g/mol. The number of rotatable bonds is 2. The van der Waals surface area contributed by atoms with Crippen molar-refractivity contribution in [1.29, 1.82) is 0 Å². The van der Waals surface area contributed by atoms with Crippen molar-refractivity contribution in [3.8, 4) is 5.69 Å². The van der Waals surface area contributed by atoms with Gasteiger partial charge in [0.25, 0.3) is 0 Å². The lowest BCUT2D eigenvalue weighted by atomic mass is 10.2. The van der Waals surface area contributed by atoms with Crippen LogP contribution < -0.4 is 11.2 Å². The first kappa shape index (κ1) is 12.5. The highest BCUT2D eigenvalue weighted by atomic mass is 32.1. The van der Waals surface area contributed by atoms with Crippen molar-refractivity contribution in [1.82, 2.24) is 4.57 Å². The van der Waals surface area contributed by atoms with Gasteiger partial charge in [0.1, 0.15) is 4.99 Å². The first-order chi connectivity index (χ1) is 8.49. The molecule has 0 spiro atoms. The fourth-order valence-electron chi connectivity index (χ4n) is 1.87. The number of hydrogen-bond acceptors (Lipinski definition) is 2. The predicted octanol–water partition coefficient (Wildman–Crippen LogP) is 2.09. The molecule has 0 aliphatic rings. The number of thiocarbonyl (C=S) groups is 1. The van der Waals surface area contributed by atoms with E-state index in [1.807, 2.05) is 42.7 Å². The Morgan fingerprint density at radius 3 is 2.61 bits per heavy atom. The Kier molecular flexibility index (Phi) is 3.30. The lowest BCUT2D eigenvalue weighted by Gasteiger charge is -2.12. The Labute approximate surface area is 111 Å². The van der Waals surface area contributed by atoms with Gasteiger partial charge in [-0.05, 0) is 31.5 Å². The molecule has 2 rings (SSSR count). The minimum Gasteiger partial charge on any atom is -0.389 e. The predicted molar refractivity (Wildman–Crippen MR) is 77.4 cm³/mol. The molecule has 92 valence electrons. The van der Waals surface area contributed by atoms with E-state index in [0.717, 1.165) is 16.9 Å². The van der Waals surface area contributed by atoms with E-state index in [2.05, 4.69) is 0 Å². The third-order valence-electron chi connectivity index (χ3n) is 2.79. The smallest absolute Gasteiger partial charge is 0.192 e. The van der Waals surface area contributed by atoms with E-state index < -0.39 is 0 Å². The number of hydrogen-bond donors (Lipinski definition) is 1. The van der Waals surface area contributed by atoms with Crippen molar-refractivity contribution >= 4 is 17.2 Å². The zero-order chi connectivity index (χ0) is 13.3. The second-order valence-electron chi connectivity index (χ2n) is 4.27. The van der Waals surface area contributed by atoms with Gasteiger partial charge in [0, 0.05) is 23.6 Å². The van der Waals surface area contributed by atoms with Gasteiger partial charge in [0.05, 0.1) is 5.56 Å². The molecule has 0 saturated heterocycles. The summed E-state index contributed by atoms with van der Waals surface area (Å²) in [6.07, 6.45) is 1.70.